The number of carbonyl (C=O) groups is 2. The van der Waals surface area contributed by atoms with Crippen LogP contribution in [-0.2, 0) is 11.3 Å². The number of rotatable bonds is 6. The van der Waals surface area contributed by atoms with Crippen molar-refractivity contribution in [3.05, 3.63) is 40.4 Å². The van der Waals surface area contributed by atoms with Crippen molar-refractivity contribution in [3.8, 4) is 0 Å². The van der Waals surface area contributed by atoms with Gasteiger partial charge in [-0.05, 0) is 17.5 Å². The van der Waals surface area contributed by atoms with Crippen LogP contribution in [0.5, 0.6) is 0 Å². The molecule has 20 heavy (non-hydrogen) atoms. The average molecular weight is 292 g/mol. The van der Waals surface area contributed by atoms with Crippen molar-refractivity contribution in [1.29, 1.82) is 0 Å². The van der Waals surface area contributed by atoms with Crippen LogP contribution in [0.15, 0.2) is 29.8 Å². The van der Waals surface area contributed by atoms with E-state index < -0.39 is 5.97 Å². The van der Waals surface area contributed by atoms with E-state index >= 15 is 0 Å². The Morgan fingerprint density at radius 1 is 1.50 bits per heavy atom. The van der Waals surface area contributed by atoms with Crippen LogP contribution in [0.3, 0.4) is 0 Å². The second-order valence-electron chi connectivity index (χ2n) is 3.81. The minimum atomic E-state index is -1.13. The number of aromatic nitrogens is 3. The molecule has 2 N–H and O–H groups in total. The van der Waals surface area contributed by atoms with Gasteiger partial charge < -0.3 is 10.4 Å². The van der Waals surface area contributed by atoms with E-state index in [4.69, 9.17) is 5.11 Å². The van der Waals surface area contributed by atoms with Gasteiger partial charge in [-0.3, -0.25) is 4.79 Å². The second kappa shape index (κ2) is 6.62. The van der Waals surface area contributed by atoms with Crippen LogP contribution in [0.25, 0.3) is 6.08 Å². The van der Waals surface area contributed by atoms with Gasteiger partial charge in [-0.25, -0.2) is 9.48 Å². The molecule has 0 atom stereocenters. The van der Waals surface area contributed by atoms with Gasteiger partial charge in [0.2, 0.25) is 5.91 Å². The number of nitrogens with one attached hydrogen (secondary N) is 1. The SMILES string of the molecule is O=C(C=Cc1cccs1)NCCn1cc(C(=O)O)nn1. The number of nitrogens with zero attached hydrogens (tertiary/aromatic N) is 3. The lowest BCUT2D eigenvalue weighted by atomic mass is 10.4. The number of hydrogen-bond acceptors (Lipinski definition) is 5. The molecule has 1 amide bonds. The summed E-state index contributed by atoms with van der Waals surface area (Å²) in [6.07, 6.45) is 4.50. The minimum absolute atomic E-state index is 0.117. The lowest BCUT2D eigenvalue weighted by molar-refractivity contribution is -0.116. The van der Waals surface area contributed by atoms with Crippen LogP contribution in [0.1, 0.15) is 15.4 Å². The van der Waals surface area contributed by atoms with E-state index in [0.29, 0.717) is 13.1 Å². The van der Waals surface area contributed by atoms with E-state index in [9.17, 15) is 9.59 Å². The number of aromatic carboxylic acids is 1. The molecule has 0 aromatic carbocycles. The molecular formula is C12H12N4O3S. The Bertz CT molecular complexity index is 618. The number of thiophene rings is 1. The molecule has 0 aliphatic rings. The monoisotopic (exact) mass is 292 g/mol. The third kappa shape index (κ3) is 4.02. The van der Waals surface area contributed by atoms with Gasteiger partial charge in [0.1, 0.15) is 0 Å². The Labute approximate surface area is 118 Å². The first-order valence-corrected chi connectivity index (χ1v) is 6.66. The lowest BCUT2D eigenvalue weighted by Crippen LogP contribution is -2.25. The van der Waals surface area contributed by atoms with Crippen LogP contribution in [0, 0.1) is 0 Å². The molecular weight excluding hydrogens is 280 g/mol. The van der Waals surface area contributed by atoms with Gasteiger partial charge in [0.05, 0.1) is 12.7 Å². The Morgan fingerprint density at radius 2 is 2.35 bits per heavy atom. The summed E-state index contributed by atoms with van der Waals surface area (Å²) >= 11 is 1.55. The summed E-state index contributed by atoms with van der Waals surface area (Å²) < 4.78 is 1.37. The molecule has 8 heteroatoms. The molecule has 0 radical (unpaired) electrons. The average Bonchev–Trinajstić information content (AvgIpc) is 3.07. The molecule has 0 aliphatic carbocycles. The summed E-state index contributed by atoms with van der Waals surface area (Å²) in [5.41, 5.74) is -0.117. The van der Waals surface area contributed by atoms with Gasteiger partial charge in [0, 0.05) is 17.5 Å². The van der Waals surface area contributed by atoms with Gasteiger partial charge in [-0.2, -0.15) is 0 Å². The normalized spacial score (nSPS) is 10.8. The first kappa shape index (κ1) is 13.9. The molecule has 7 nitrogen and oxygen atoms in total. The molecule has 2 aromatic heterocycles. The van der Waals surface area contributed by atoms with Gasteiger partial charge in [0.15, 0.2) is 5.69 Å². The highest BCUT2D eigenvalue weighted by molar-refractivity contribution is 7.10. The maximum atomic E-state index is 11.5. The molecule has 0 bridgehead atoms. The highest BCUT2D eigenvalue weighted by Crippen LogP contribution is 2.09. The molecule has 0 saturated heterocycles. The van der Waals surface area contributed by atoms with Crippen molar-refractivity contribution in [2.75, 3.05) is 6.54 Å². The molecule has 0 saturated carbocycles. The maximum Gasteiger partial charge on any atom is 0.358 e. The van der Waals surface area contributed by atoms with Crippen LogP contribution >= 0.6 is 11.3 Å². The van der Waals surface area contributed by atoms with Crippen molar-refractivity contribution in [2.24, 2.45) is 0 Å². The van der Waals surface area contributed by atoms with Crippen molar-refractivity contribution in [1.82, 2.24) is 20.3 Å². The molecule has 0 aliphatic heterocycles. The summed E-state index contributed by atoms with van der Waals surface area (Å²) in [5, 5.41) is 20.4. The topological polar surface area (TPSA) is 97.1 Å². The highest BCUT2D eigenvalue weighted by atomic mass is 32.1. The van der Waals surface area contributed by atoms with E-state index in [1.54, 1.807) is 17.4 Å². The smallest absolute Gasteiger partial charge is 0.358 e. The van der Waals surface area contributed by atoms with Crippen LogP contribution < -0.4 is 5.32 Å². The molecule has 104 valence electrons. The Balaban J connectivity index is 1.75. The molecule has 0 spiro atoms. The van der Waals surface area contributed by atoms with Crippen molar-refractivity contribution in [2.45, 2.75) is 6.54 Å². The van der Waals surface area contributed by atoms with Gasteiger partial charge in [-0.15, -0.1) is 16.4 Å². The maximum absolute atomic E-state index is 11.5. The Hall–Kier alpha value is -2.48. The van der Waals surface area contributed by atoms with Gasteiger partial charge in [0.25, 0.3) is 0 Å². The quantitative estimate of drug-likeness (QED) is 0.770. The summed E-state index contributed by atoms with van der Waals surface area (Å²) in [6.45, 7) is 0.703. The van der Waals surface area contributed by atoms with E-state index in [1.165, 1.54) is 17.0 Å². The third-order valence-corrected chi connectivity index (χ3v) is 3.18. The van der Waals surface area contributed by atoms with Crippen molar-refractivity contribution < 1.29 is 14.7 Å². The molecule has 2 rings (SSSR count). The van der Waals surface area contributed by atoms with E-state index in [2.05, 4.69) is 15.6 Å². The number of amides is 1. The number of carboxylic acids is 1. The zero-order valence-corrected chi connectivity index (χ0v) is 11.2. The molecule has 0 unspecified atom stereocenters. The zero-order valence-electron chi connectivity index (χ0n) is 10.4. The van der Waals surface area contributed by atoms with Crippen LogP contribution in [-0.4, -0.2) is 38.5 Å². The van der Waals surface area contributed by atoms with Gasteiger partial charge >= 0.3 is 5.97 Å². The summed E-state index contributed by atoms with van der Waals surface area (Å²) in [5.74, 6) is -1.34. The first-order valence-electron chi connectivity index (χ1n) is 5.78. The summed E-state index contributed by atoms with van der Waals surface area (Å²) in [7, 11) is 0. The lowest BCUT2D eigenvalue weighted by Gasteiger charge is -2.01. The molecule has 0 fully saturated rings. The fourth-order valence-corrected chi connectivity index (χ4v) is 2.02. The zero-order chi connectivity index (χ0) is 14.4. The highest BCUT2D eigenvalue weighted by Gasteiger charge is 2.07. The molecule has 2 aromatic rings. The predicted octanol–water partition coefficient (Wildman–Crippen LogP) is 0.867. The summed E-state index contributed by atoms with van der Waals surface area (Å²) in [4.78, 5) is 23.1. The minimum Gasteiger partial charge on any atom is -0.476 e. The summed E-state index contributed by atoms with van der Waals surface area (Å²) in [6, 6.07) is 3.82. The Morgan fingerprint density at radius 3 is 3.00 bits per heavy atom. The van der Waals surface area contributed by atoms with Gasteiger partial charge in [-0.1, -0.05) is 11.3 Å². The standard InChI is InChI=1S/C12H12N4O3S/c17-11(4-3-9-2-1-7-20-9)13-5-6-16-8-10(12(18)19)14-15-16/h1-4,7-8H,5-6H2,(H,13,17)(H,18,19). The molecule has 2 heterocycles. The van der Waals surface area contributed by atoms with Crippen molar-refractivity contribution >= 4 is 29.3 Å². The van der Waals surface area contributed by atoms with E-state index in [-0.39, 0.29) is 11.6 Å². The number of carbonyl (C=O) groups excluding carboxylic acids is 1. The van der Waals surface area contributed by atoms with Crippen molar-refractivity contribution in [3.63, 3.8) is 0 Å². The third-order valence-electron chi connectivity index (χ3n) is 2.34. The number of carboxylic acid groups (broad SMARTS) is 1. The predicted molar refractivity (Wildman–Crippen MR) is 73.3 cm³/mol. The van der Waals surface area contributed by atoms with Crippen LogP contribution in [0.4, 0.5) is 0 Å². The second-order valence-corrected chi connectivity index (χ2v) is 4.79. The first-order chi connectivity index (χ1) is 9.65. The van der Waals surface area contributed by atoms with Crippen LogP contribution in [0.2, 0.25) is 0 Å². The fraction of sp³-hybridized carbons (Fsp3) is 0.167. The fourth-order valence-electron chi connectivity index (χ4n) is 1.40. The van der Waals surface area contributed by atoms with E-state index in [1.807, 2.05) is 17.5 Å². The number of hydrogen-bond donors (Lipinski definition) is 2. The van der Waals surface area contributed by atoms with E-state index in [0.717, 1.165) is 4.88 Å². The Kier molecular flexibility index (Phi) is 4.61. The largest absolute Gasteiger partial charge is 0.476 e.